The van der Waals surface area contributed by atoms with Gasteiger partial charge in [0.2, 0.25) is 23.6 Å². The molecule has 4 amide bonds. The Labute approximate surface area is 231 Å². The molecule has 11 nitrogen and oxygen atoms in total. The molecule has 0 radical (unpaired) electrons. The standard InChI is InChI=1S/C27H35N5O6S/c1-39-13-12-20(30-24(34)19(28)16-23(29)33)25(35)31-21(14-17-8-4-2-5-9-17)26(36)32-22(27(37)38)15-18-10-6-3-7-11-18/h2-11,19-22H,12-16,28H2,1H3,(H2,29,33)(H,30,34)(H,31,35)(H,32,36)(H,37,38). The molecule has 0 saturated carbocycles. The number of carboxylic acids is 1. The maximum atomic E-state index is 13.3. The Morgan fingerprint density at radius 1 is 0.769 bits per heavy atom. The lowest BCUT2D eigenvalue weighted by atomic mass is 10.0. The number of nitrogens with one attached hydrogen (secondary N) is 3. The Morgan fingerprint density at radius 3 is 1.72 bits per heavy atom. The van der Waals surface area contributed by atoms with E-state index in [9.17, 15) is 29.1 Å². The van der Waals surface area contributed by atoms with Crippen LogP contribution in [0, 0.1) is 0 Å². The van der Waals surface area contributed by atoms with Crippen molar-refractivity contribution in [2.24, 2.45) is 11.5 Å². The summed E-state index contributed by atoms with van der Waals surface area (Å²) in [6, 6.07) is 13.1. The van der Waals surface area contributed by atoms with Gasteiger partial charge in [-0.3, -0.25) is 19.2 Å². The molecule has 2 aromatic carbocycles. The summed E-state index contributed by atoms with van der Waals surface area (Å²) in [5.74, 6) is -3.52. The van der Waals surface area contributed by atoms with Crippen molar-refractivity contribution in [3.05, 3.63) is 71.8 Å². The van der Waals surface area contributed by atoms with E-state index >= 15 is 0 Å². The summed E-state index contributed by atoms with van der Waals surface area (Å²) < 4.78 is 0. The molecule has 0 spiro atoms. The van der Waals surface area contributed by atoms with Gasteiger partial charge in [-0.15, -0.1) is 0 Å². The van der Waals surface area contributed by atoms with Crippen LogP contribution in [0.5, 0.6) is 0 Å². The molecule has 0 aliphatic rings. The van der Waals surface area contributed by atoms with Crippen molar-refractivity contribution in [3.63, 3.8) is 0 Å². The zero-order chi connectivity index (χ0) is 28.8. The Kier molecular flexibility index (Phi) is 13.0. The molecule has 0 aromatic heterocycles. The van der Waals surface area contributed by atoms with Gasteiger partial charge < -0.3 is 32.5 Å². The van der Waals surface area contributed by atoms with Gasteiger partial charge in [0, 0.05) is 12.8 Å². The van der Waals surface area contributed by atoms with E-state index in [2.05, 4.69) is 16.0 Å². The van der Waals surface area contributed by atoms with Crippen molar-refractivity contribution in [2.45, 2.75) is 49.9 Å². The molecule has 0 heterocycles. The van der Waals surface area contributed by atoms with Crippen molar-refractivity contribution in [1.82, 2.24) is 16.0 Å². The first-order valence-corrected chi connectivity index (χ1v) is 13.7. The van der Waals surface area contributed by atoms with E-state index in [1.54, 1.807) is 60.7 Å². The zero-order valence-corrected chi connectivity index (χ0v) is 22.5. The summed E-state index contributed by atoms with van der Waals surface area (Å²) in [5.41, 5.74) is 12.3. The fourth-order valence-electron chi connectivity index (χ4n) is 3.75. The fraction of sp³-hybridized carbons (Fsp3) is 0.370. The lowest BCUT2D eigenvalue weighted by molar-refractivity contribution is -0.142. The third-order valence-electron chi connectivity index (χ3n) is 5.81. The van der Waals surface area contributed by atoms with Gasteiger partial charge in [-0.2, -0.15) is 11.8 Å². The Hall–Kier alpha value is -3.90. The second kappa shape index (κ2) is 16.1. The molecule has 0 aliphatic heterocycles. The van der Waals surface area contributed by atoms with E-state index in [0.29, 0.717) is 5.75 Å². The highest BCUT2D eigenvalue weighted by molar-refractivity contribution is 7.98. The van der Waals surface area contributed by atoms with E-state index in [-0.39, 0.29) is 25.7 Å². The highest BCUT2D eigenvalue weighted by Crippen LogP contribution is 2.09. The Balaban J connectivity index is 2.23. The minimum atomic E-state index is -1.23. The predicted molar refractivity (Wildman–Crippen MR) is 149 cm³/mol. The van der Waals surface area contributed by atoms with Gasteiger partial charge in [0.05, 0.1) is 12.5 Å². The van der Waals surface area contributed by atoms with Gasteiger partial charge in [-0.25, -0.2) is 4.79 Å². The number of aliphatic carboxylic acids is 1. The first-order chi connectivity index (χ1) is 18.6. The van der Waals surface area contributed by atoms with Crippen LogP contribution in [0.15, 0.2) is 60.7 Å². The second-order valence-corrected chi connectivity index (χ2v) is 9.95. The number of rotatable bonds is 16. The summed E-state index contributed by atoms with van der Waals surface area (Å²) in [7, 11) is 0. The Bertz CT molecular complexity index is 1120. The van der Waals surface area contributed by atoms with E-state index in [0.717, 1.165) is 11.1 Å². The van der Waals surface area contributed by atoms with Crippen molar-refractivity contribution >= 4 is 41.4 Å². The van der Waals surface area contributed by atoms with Crippen LogP contribution in [0.1, 0.15) is 24.0 Å². The summed E-state index contributed by atoms with van der Waals surface area (Å²) in [5, 5.41) is 17.5. The number of amides is 4. The van der Waals surface area contributed by atoms with Crippen molar-refractivity contribution < 1.29 is 29.1 Å². The van der Waals surface area contributed by atoms with E-state index in [4.69, 9.17) is 11.5 Å². The highest BCUT2D eigenvalue weighted by Gasteiger charge is 2.30. The van der Waals surface area contributed by atoms with Crippen LogP contribution in [-0.2, 0) is 36.8 Å². The molecule has 2 aromatic rings. The van der Waals surface area contributed by atoms with Gasteiger partial charge in [0.15, 0.2) is 0 Å². The zero-order valence-electron chi connectivity index (χ0n) is 21.7. The maximum absolute atomic E-state index is 13.3. The average molecular weight is 558 g/mol. The fourth-order valence-corrected chi connectivity index (χ4v) is 4.22. The first-order valence-electron chi connectivity index (χ1n) is 12.3. The van der Waals surface area contributed by atoms with Gasteiger partial charge in [0.25, 0.3) is 0 Å². The molecule has 39 heavy (non-hydrogen) atoms. The molecular weight excluding hydrogens is 522 g/mol. The van der Waals surface area contributed by atoms with Crippen molar-refractivity contribution in [3.8, 4) is 0 Å². The summed E-state index contributed by atoms with van der Waals surface area (Å²) >= 11 is 1.45. The topological polar surface area (TPSA) is 194 Å². The van der Waals surface area contributed by atoms with E-state index in [1.807, 2.05) is 6.26 Å². The molecule has 4 atom stereocenters. The van der Waals surface area contributed by atoms with Gasteiger partial charge in [0.1, 0.15) is 18.1 Å². The van der Waals surface area contributed by atoms with Crippen LogP contribution in [0.3, 0.4) is 0 Å². The van der Waals surface area contributed by atoms with Gasteiger partial charge >= 0.3 is 5.97 Å². The third-order valence-corrected chi connectivity index (χ3v) is 6.46. The quantitative estimate of drug-likeness (QED) is 0.165. The molecule has 12 heteroatoms. The van der Waals surface area contributed by atoms with Crippen LogP contribution in [0.2, 0.25) is 0 Å². The first kappa shape index (κ1) is 31.3. The number of carboxylic acid groups (broad SMARTS) is 1. The van der Waals surface area contributed by atoms with Crippen LogP contribution in [0.25, 0.3) is 0 Å². The molecule has 0 saturated heterocycles. The van der Waals surface area contributed by atoms with Crippen molar-refractivity contribution in [2.75, 3.05) is 12.0 Å². The van der Waals surface area contributed by atoms with Crippen molar-refractivity contribution in [1.29, 1.82) is 0 Å². The summed E-state index contributed by atoms with van der Waals surface area (Å²) in [6.45, 7) is 0. The number of carbonyl (C=O) groups excluding carboxylic acids is 4. The molecule has 4 unspecified atom stereocenters. The summed E-state index contributed by atoms with van der Waals surface area (Å²) in [6.07, 6.45) is 1.81. The van der Waals surface area contributed by atoms with E-state index < -0.39 is 53.8 Å². The van der Waals surface area contributed by atoms with Crippen LogP contribution in [0.4, 0.5) is 0 Å². The monoisotopic (exact) mass is 557 g/mol. The van der Waals surface area contributed by atoms with Crippen LogP contribution < -0.4 is 27.4 Å². The maximum Gasteiger partial charge on any atom is 0.326 e. The minimum absolute atomic E-state index is 0.0536. The Morgan fingerprint density at radius 2 is 1.23 bits per heavy atom. The molecule has 8 N–H and O–H groups in total. The summed E-state index contributed by atoms with van der Waals surface area (Å²) in [4.78, 5) is 62.2. The number of primary amides is 1. The SMILES string of the molecule is CSCCC(NC(=O)C(N)CC(N)=O)C(=O)NC(Cc1ccccc1)C(=O)NC(Cc1ccccc1)C(=O)O. The molecule has 2 rings (SSSR count). The lowest BCUT2D eigenvalue weighted by Gasteiger charge is -2.25. The van der Waals surface area contributed by atoms with Crippen LogP contribution in [-0.4, -0.2) is 70.9 Å². The number of thioether (sulfide) groups is 1. The average Bonchev–Trinajstić information content (AvgIpc) is 2.90. The van der Waals surface area contributed by atoms with Gasteiger partial charge in [-0.1, -0.05) is 60.7 Å². The molecule has 0 aliphatic carbocycles. The third kappa shape index (κ3) is 11.2. The normalized spacial score (nSPS) is 13.8. The molecule has 0 fully saturated rings. The second-order valence-electron chi connectivity index (χ2n) is 8.96. The smallest absolute Gasteiger partial charge is 0.326 e. The molecular formula is C27H35N5O6S. The minimum Gasteiger partial charge on any atom is -0.480 e. The molecule has 210 valence electrons. The predicted octanol–water partition coefficient (Wildman–Crippen LogP) is -0.0334. The van der Waals surface area contributed by atoms with Gasteiger partial charge in [-0.05, 0) is 29.6 Å². The number of benzene rings is 2. The largest absolute Gasteiger partial charge is 0.480 e. The number of hydrogen-bond donors (Lipinski definition) is 6. The van der Waals surface area contributed by atoms with E-state index in [1.165, 1.54) is 11.8 Å². The number of hydrogen-bond acceptors (Lipinski definition) is 7. The number of carbonyl (C=O) groups is 5. The number of nitrogens with two attached hydrogens (primary N) is 2. The molecule has 0 bridgehead atoms. The van der Waals surface area contributed by atoms with Crippen LogP contribution >= 0.6 is 11.8 Å². The lowest BCUT2D eigenvalue weighted by Crippen LogP contribution is -2.58. The highest BCUT2D eigenvalue weighted by atomic mass is 32.2.